The van der Waals surface area contributed by atoms with E-state index in [1.165, 1.54) is 0 Å². The van der Waals surface area contributed by atoms with Gasteiger partial charge in [0, 0.05) is 11.4 Å². The molecule has 2 rings (SSSR count). The van der Waals surface area contributed by atoms with E-state index in [2.05, 4.69) is 0 Å². The number of carbonyl (C=O) groups is 1. The fourth-order valence-electron chi connectivity index (χ4n) is 2.57. The highest BCUT2D eigenvalue weighted by molar-refractivity contribution is 6.32. The monoisotopic (exact) mass is 346 g/mol. The summed E-state index contributed by atoms with van der Waals surface area (Å²) < 4.78 is 11.1. The van der Waals surface area contributed by atoms with Gasteiger partial charge in [0.2, 0.25) is 0 Å². The molecule has 0 heterocycles. The summed E-state index contributed by atoms with van der Waals surface area (Å²) in [5.74, 6) is 1.13. The zero-order chi connectivity index (χ0) is 17.7. The second-order valence-corrected chi connectivity index (χ2v) is 6.50. The number of rotatable bonds is 6. The van der Waals surface area contributed by atoms with Crippen LogP contribution in [0.3, 0.4) is 0 Å². The van der Waals surface area contributed by atoms with Gasteiger partial charge in [0.25, 0.3) is 0 Å². The SMILES string of the molecule is Cc1cc(C)cc(OC(=O)CCCOc2cc(C)c(Cl)c(C)c2)c1. The molecule has 0 aromatic heterocycles. The van der Waals surface area contributed by atoms with Gasteiger partial charge in [0.15, 0.2) is 0 Å². The maximum absolute atomic E-state index is 11.9. The van der Waals surface area contributed by atoms with Crippen LogP contribution in [0, 0.1) is 27.7 Å². The van der Waals surface area contributed by atoms with Crippen LogP contribution in [0.2, 0.25) is 5.02 Å². The van der Waals surface area contributed by atoms with Crippen molar-refractivity contribution in [2.24, 2.45) is 0 Å². The van der Waals surface area contributed by atoms with Gasteiger partial charge in [0.1, 0.15) is 11.5 Å². The van der Waals surface area contributed by atoms with Gasteiger partial charge in [-0.25, -0.2) is 0 Å². The van der Waals surface area contributed by atoms with Gasteiger partial charge >= 0.3 is 5.97 Å². The molecule has 24 heavy (non-hydrogen) atoms. The van der Waals surface area contributed by atoms with Crippen LogP contribution >= 0.6 is 11.6 Å². The van der Waals surface area contributed by atoms with Gasteiger partial charge in [-0.2, -0.15) is 0 Å². The number of hydrogen-bond donors (Lipinski definition) is 0. The van der Waals surface area contributed by atoms with E-state index in [0.29, 0.717) is 25.2 Å². The molecular formula is C20H23ClO3. The Labute approximate surface area is 148 Å². The van der Waals surface area contributed by atoms with E-state index in [0.717, 1.165) is 33.0 Å². The Morgan fingerprint density at radius 1 is 0.917 bits per heavy atom. The third kappa shape index (κ3) is 5.27. The van der Waals surface area contributed by atoms with Gasteiger partial charge < -0.3 is 9.47 Å². The van der Waals surface area contributed by atoms with Crippen LogP contribution in [0.15, 0.2) is 30.3 Å². The number of hydrogen-bond acceptors (Lipinski definition) is 3. The second kappa shape index (κ2) is 8.20. The lowest BCUT2D eigenvalue weighted by molar-refractivity contribution is -0.134. The summed E-state index contributed by atoms with van der Waals surface area (Å²) in [5, 5.41) is 0.763. The number of esters is 1. The fraction of sp³-hybridized carbons (Fsp3) is 0.350. The van der Waals surface area contributed by atoms with Crippen LogP contribution in [0.25, 0.3) is 0 Å². The molecule has 0 saturated carbocycles. The van der Waals surface area contributed by atoms with Crippen molar-refractivity contribution in [3.05, 3.63) is 57.6 Å². The summed E-state index contributed by atoms with van der Waals surface area (Å²) in [6, 6.07) is 9.58. The highest BCUT2D eigenvalue weighted by atomic mass is 35.5. The van der Waals surface area contributed by atoms with Crippen LogP contribution in [0.4, 0.5) is 0 Å². The number of halogens is 1. The first kappa shape index (κ1) is 18.3. The van der Waals surface area contributed by atoms with Gasteiger partial charge in [-0.15, -0.1) is 0 Å². The Morgan fingerprint density at radius 3 is 2.08 bits per heavy atom. The summed E-state index contributed by atoms with van der Waals surface area (Å²) >= 11 is 6.13. The lowest BCUT2D eigenvalue weighted by Crippen LogP contribution is -2.10. The molecule has 0 atom stereocenters. The average Bonchev–Trinajstić information content (AvgIpc) is 2.48. The quantitative estimate of drug-likeness (QED) is 0.402. The minimum atomic E-state index is -0.243. The van der Waals surface area contributed by atoms with E-state index in [1.54, 1.807) is 0 Å². The normalized spacial score (nSPS) is 10.5. The summed E-state index contributed by atoms with van der Waals surface area (Å²) in [6.45, 7) is 8.32. The van der Waals surface area contributed by atoms with Gasteiger partial charge in [0.05, 0.1) is 6.61 Å². The predicted molar refractivity (Wildman–Crippen MR) is 97.2 cm³/mol. The molecule has 128 valence electrons. The highest BCUT2D eigenvalue weighted by Gasteiger charge is 2.07. The van der Waals surface area contributed by atoms with Crippen molar-refractivity contribution >= 4 is 17.6 Å². The van der Waals surface area contributed by atoms with Crippen LogP contribution in [0.1, 0.15) is 35.1 Å². The van der Waals surface area contributed by atoms with E-state index in [4.69, 9.17) is 21.1 Å². The first-order valence-corrected chi connectivity index (χ1v) is 8.41. The highest BCUT2D eigenvalue weighted by Crippen LogP contribution is 2.26. The van der Waals surface area contributed by atoms with Crippen molar-refractivity contribution in [2.75, 3.05) is 6.61 Å². The molecule has 0 spiro atoms. The van der Waals surface area contributed by atoms with Crippen molar-refractivity contribution in [2.45, 2.75) is 40.5 Å². The fourth-order valence-corrected chi connectivity index (χ4v) is 2.68. The van der Waals surface area contributed by atoms with Gasteiger partial charge in [-0.1, -0.05) is 17.7 Å². The summed E-state index contributed by atoms with van der Waals surface area (Å²) in [4.78, 5) is 11.9. The number of ether oxygens (including phenoxy) is 2. The predicted octanol–water partition coefficient (Wildman–Crippen LogP) is 5.34. The molecule has 0 radical (unpaired) electrons. The zero-order valence-electron chi connectivity index (χ0n) is 14.6. The molecule has 0 fully saturated rings. The van der Waals surface area contributed by atoms with E-state index < -0.39 is 0 Å². The van der Waals surface area contributed by atoms with Crippen molar-refractivity contribution in [1.82, 2.24) is 0 Å². The van der Waals surface area contributed by atoms with Crippen LogP contribution in [0.5, 0.6) is 11.5 Å². The molecule has 0 unspecified atom stereocenters. The number of benzene rings is 2. The molecular weight excluding hydrogens is 324 g/mol. The molecule has 0 aliphatic carbocycles. The average molecular weight is 347 g/mol. The molecule has 2 aromatic carbocycles. The molecule has 0 aliphatic heterocycles. The molecule has 0 amide bonds. The van der Waals surface area contributed by atoms with Crippen LogP contribution in [-0.2, 0) is 4.79 Å². The number of aryl methyl sites for hydroxylation is 4. The van der Waals surface area contributed by atoms with Crippen LogP contribution in [-0.4, -0.2) is 12.6 Å². The minimum absolute atomic E-state index is 0.243. The second-order valence-electron chi connectivity index (χ2n) is 6.12. The van der Waals surface area contributed by atoms with Crippen molar-refractivity contribution in [3.63, 3.8) is 0 Å². The first-order chi connectivity index (χ1) is 11.3. The Morgan fingerprint density at radius 2 is 1.50 bits per heavy atom. The Hall–Kier alpha value is -2.00. The summed E-state index contributed by atoms with van der Waals surface area (Å²) in [5.41, 5.74) is 4.13. The topological polar surface area (TPSA) is 35.5 Å². The van der Waals surface area contributed by atoms with Crippen LogP contribution < -0.4 is 9.47 Å². The lowest BCUT2D eigenvalue weighted by atomic mass is 10.1. The standard InChI is InChI=1S/C20H23ClO3/c1-13-8-14(2)10-18(9-13)24-19(22)6-5-7-23-17-11-15(3)20(21)16(4)12-17/h8-12H,5-7H2,1-4H3. The molecule has 0 saturated heterocycles. The Balaban J connectivity index is 1.79. The largest absolute Gasteiger partial charge is 0.494 e. The maximum Gasteiger partial charge on any atom is 0.311 e. The maximum atomic E-state index is 11.9. The summed E-state index contributed by atoms with van der Waals surface area (Å²) in [6.07, 6.45) is 0.920. The minimum Gasteiger partial charge on any atom is -0.494 e. The third-order valence-electron chi connectivity index (χ3n) is 3.63. The number of carbonyl (C=O) groups excluding carboxylic acids is 1. The van der Waals surface area contributed by atoms with E-state index in [-0.39, 0.29) is 5.97 Å². The molecule has 0 N–H and O–H groups in total. The van der Waals surface area contributed by atoms with Crippen molar-refractivity contribution in [1.29, 1.82) is 0 Å². The van der Waals surface area contributed by atoms with Crippen molar-refractivity contribution < 1.29 is 14.3 Å². The zero-order valence-corrected chi connectivity index (χ0v) is 15.4. The smallest absolute Gasteiger partial charge is 0.311 e. The van der Waals surface area contributed by atoms with Crippen molar-refractivity contribution in [3.8, 4) is 11.5 Å². The molecule has 3 nitrogen and oxygen atoms in total. The Kier molecular flexibility index (Phi) is 6.27. The van der Waals surface area contributed by atoms with E-state index in [1.807, 2.05) is 58.0 Å². The molecule has 2 aromatic rings. The molecule has 4 heteroatoms. The Bertz CT molecular complexity index is 694. The van der Waals surface area contributed by atoms with Gasteiger partial charge in [-0.05, 0) is 80.6 Å². The third-order valence-corrected chi connectivity index (χ3v) is 4.23. The van der Waals surface area contributed by atoms with E-state index in [9.17, 15) is 4.79 Å². The lowest BCUT2D eigenvalue weighted by Gasteiger charge is -2.10. The van der Waals surface area contributed by atoms with E-state index >= 15 is 0 Å². The first-order valence-electron chi connectivity index (χ1n) is 8.03. The molecule has 0 bridgehead atoms. The summed E-state index contributed by atoms with van der Waals surface area (Å²) in [7, 11) is 0. The molecule has 0 aliphatic rings. The van der Waals surface area contributed by atoms with Gasteiger partial charge in [-0.3, -0.25) is 4.79 Å².